The van der Waals surface area contributed by atoms with Crippen LogP contribution in [0.15, 0.2) is 48.8 Å². The van der Waals surface area contributed by atoms with Crippen molar-refractivity contribution in [2.75, 3.05) is 26.2 Å². The van der Waals surface area contributed by atoms with E-state index in [0.717, 1.165) is 5.56 Å². The zero-order valence-corrected chi connectivity index (χ0v) is 18.2. The van der Waals surface area contributed by atoms with Crippen molar-refractivity contribution in [1.82, 2.24) is 14.8 Å². The van der Waals surface area contributed by atoms with Gasteiger partial charge in [0, 0.05) is 44.0 Å². The summed E-state index contributed by atoms with van der Waals surface area (Å²) in [6.07, 6.45) is 3.91. The summed E-state index contributed by atoms with van der Waals surface area (Å²) in [6, 6.07) is 10.2. The summed E-state index contributed by atoms with van der Waals surface area (Å²) >= 11 is 0. The molecule has 1 aliphatic heterocycles. The SMILES string of the molecule is CC(C)CN1CC(OCc2ccccc2F)CN(C(=O)CCc2ccncc2)CC1=O. The van der Waals surface area contributed by atoms with Crippen molar-refractivity contribution < 1.29 is 18.7 Å². The molecule has 2 aromatic rings. The Morgan fingerprint density at radius 3 is 2.65 bits per heavy atom. The lowest BCUT2D eigenvalue weighted by molar-refractivity contribution is -0.139. The summed E-state index contributed by atoms with van der Waals surface area (Å²) in [6.45, 7) is 5.53. The molecule has 7 heteroatoms. The third-order valence-electron chi connectivity index (χ3n) is 5.27. The summed E-state index contributed by atoms with van der Waals surface area (Å²) in [5.74, 6) is -0.194. The number of carbonyl (C=O) groups excluding carboxylic acids is 2. The standard InChI is InChI=1S/C24H30FN3O3/c1-18(2)13-27-14-21(31-17-20-5-3-4-6-22(20)25)15-28(16-24(27)30)23(29)8-7-19-9-11-26-12-10-19/h3-6,9-12,18,21H,7-8,13-17H2,1-2H3. The third-order valence-corrected chi connectivity index (χ3v) is 5.27. The van der Waals surface area contributed by atoms with E-state index in [-0.39, 0.29) is 36.9 Å². The Labute approximate surface area is 183 Å². The maximum absolute atomic E-state index is 14.0. The number of rotatable bonds is 8. The van der Waals surface area contributed by atoms with Crippen LogP contribution in [-0.2, 0) is 27.4 Å². The van der Waals surface area contributed by atoms with Crippen LogP contribution in [0.25, 0.3) is 0 Å². The highest BCUT2D eigenvalue weighted by molar-refractivity contribution is 5.85. The minimum absolute atomic E-state index is 0.0431. The number of hydrogen-bond donors (Lipinski definition) is 0. The van der Waals surface area contributed by atoms with Crippen molar-refractivity contribution >= 4 is 11.8 Å². The van der Waals surface area contributed by atoms with Crippen molar-refractivity contribution in [2.45, 2.75) is 39.4 Å². The number of benzene rings is 1. The van der Waals surface area contributed by atoms with Gasteiger partial charge in [0.15, 0.2) is 0 Å². The molecule has 166 valence electrons. The van der Waals surface area contributed by atoms with E-state index in [1.165, 1.54) is 6.07 Å². The number of amides is 2. The van der Waals surface area contributed by atoms with Gasteiger partial charge in [-0.1, -0.05) is 32.0 Å². The van der Waals surface area contributed by atoms with Gasteiger partial charge in [-0.15, -0.1) is 0 Å². The van der Waals surface area contributed by atoms with Gasteiger partial charge in [-0.3, -0.25) is 14.6 Å². The maximum atomic E-state index is 14.0. The van der Waals surface area contributed by atoms with Crippen molar-refractivity contribution in [3.63, 3.8) is 0 Å². The van der Waals surface area contributed by atoms with Gasteiger partial charge in [-0.2, -0.15) is 0 Å². The Kier molecular flexibility index (Phi) is 8.12. The van der Waals surface area contributed by atoms with Gasteiger partial charge in [-0.25, -0.2) is 4.39 Å². The summed E-state index contributed by atoms with van der Waals surface area (Å²) in [5, 5.41) is 0. The number of carbonyl (C=O) groups is 2. The highest BCUT2D eigenvalue weighted by Gasteiger charge is 2.31. The highest BCUT2D eigenvalue weighted by Crippen LogP contribution is 2.15. The lowest BCUT2D eigenvalue weighted by Crippen LogP contribution is -2.40. The molecule has 31 heavy (non-hydrogen) atoms. The zero-order valence-electron chi connectivity index (χ0n) is 18.2. The molecule has 1 saturated heterocycles. The molecule has 1 fully saturated rings. The van der Waals surface area contributed by atoms with Gasteiger partial charge in [0.05, 0.1) is 19.3 Å². The van der Waals surface area contributed by atoms with Gasteiger partial charge < -0.3 is 14.5 Å². The van der Waals surface area contributed by atoms with Crippen molar-refractivity contribution in [1.29, 1.82) is 0 Å². The second kappa shape index (κ2) is 11.0. The van der Waals surface area contributed by atoms with Crippen molar-refractivity contribution in [3.05, 3.63) is 65.7 Å². The largest absolute Gasteiger partial charge is 0.370 e. The number of nitrogens with zero attached hydrogens (tertiary/aromatic N) is 3. The van der Waals surface area contributed by atoms with Gasteiger partial charge in [-0.05, 0) is 36.1 Å². The second-order valence-corrected chi connectivity index (χ2v) is 8.35. The Balaban J connectivity index is 1.67. The molecule has 0 radical (unpaired) electrons. The maximum Gasteiger partial charge on any atom is 0.242 e. The molecule has 1 atom stereocenters. The first-order chi connectivity index (χ1) is 14.9. The topological polar surface area (TPSA) is 62.7 Å². The molecular formula is C24H30FN3O3. The zero-order chi connectivity index (χ0) is 22.2. The minimum atomic E-state index is -0.380. The molecule has 0 N–H and O–H groups in total. The Morgan fingerprint density at radius 2 is 1.94 bits per heavy atom. The molecule has 3 rings (SSSR count). The quantitative estimate of drug-likeness (QED) is 0.650. The fraction of sp³-hybridized carbons (Fsp3) is 0.458. The van der Waals surface area contributed by atoms with Gasteiger partial charge in [0.25, 0.3) is 0 Å². The fourth-order valence-corrected chi connectivity index (χ4v) is 3.67. The molecule has 2 heterocycles. The summed E-state index contributed by atoms with van der Waals surface area (Å²) in [7, 11) is 0. The number of ether oxygens (including phenoxy) is 1. The first kappa shape index (κ1) is 22.9. The van der Waals surface area contributed by atoms with E-state index in [9.17, 15) is 14.0 Å². The van der Waals surface area contributed by atoms with E-state index < -0.39 is 0 Å². The molecule has 1 aliphatic rings. The first-order valence-electron chi connectivity index (χ1n) is 10.7. The summed E-state index contributed by atoms with van der Waals surface area (Å²) < 4.78 is 20.0. The van der Waals surface area contributed by atoms with Gasteiger partial charge in [0.2, 0.25) is 11.8 Å². The van der Waals surface area contributed by atoms with E-state index in [4.69, 9.17) is 4.74 Å². The van der Waals surface area contributed by atoms with Crippen LogP contribution in [0.4, 0.5) is 4.39 Å². The van der Waals surface area contributed by atoms with Gasteiger partial charge >= 0.3 is 0 Å². The third kappa shape index (κ3) is 6.85. The second-order valence-electron chi connectivity index (χ2n) is 8.35. The number of aryl methyl sites for hydroxylation is 1. The Morgan fingerprint density at radius 1 is 1.19 bits per heavy atom. The molecule has 6 nitrogen and oxygen atoms in total. The van der Waals surface area contributed by atoms with Crippen LogP contribution >= 0.6 is 0 Å². The molecule has 1 unspecified atom stereocenters. The molecule has 1 aromatic carbocycles. The molecule has 0 saturated carbocycles. The predicted octanol–water partition coefficient (Wildman–Crippen LogP) is 3.07. The van der Waals surface area contributed by atoms with E-state index in [0.29, 0.717) is 44.0 Å². The van der Waals surface area contributed by atoms with Gasteiger partial charge in [0.1, 0.15) is 5.82 Å². The van der Waals surface area contributed by atoms with Crippen molar-refractivity contribution in [2.24, 2.45) is 5.92 Å². The number of aromatic nitrogens is 1. The average molecular weight is 428 g/mol. The Bertz CT molecular complexity index is 875. The number of halogens is 1. The molecule has 0 spiro atoms. The average Bonchev–Trinajstić information content (AvgIpc) is 2.90. The monoisotopic (exact) mass is 427 g/mol. The molecule has 1 aromatic heterocycles. The van der Waals surface area contributed by atoms with E-state index in [2.05, 4.69) is 4.98 Å². The molecular weight excluding hydrogens is 397 g/mol. The predicted molar refractivity (Wildman–Crippen MR) is 116 cm³/mol. The van der Waals surface area contributed by atoms with E-state index in [1.807, 2.05) is 26.0 Å². The summed E-state index contributed by atoms with van der Waals surface area (Å²) in [4.78, 5) is 33.0. The van der Waals surface area contributed by atoms with Crippen LogP contribution in [-0.4, -0.2) is 58.9 Å². The van der Waals surface area contributed by atoms with Crippen LogP contribution in [0.1, 0.15) is 31.4 Å². The van der Waals surface area contributed by atoms with Crippen LogP contribution in [0.2, 0.25) is 0 Å². The molecule has 2 amide bonds. The lowest BCUT2D eigenvalue weighted by atomic mass is 10.1. The summed E-state index contributed by atoms with van der Waals surface area (Å²) in [5.41, 5.74) is 1.49. The van der Waals surface area contributed by atoms with E-state index >= 15 is 0 Å². The van der Waals surface area contributed by atoms with E-state index in [1.54, 1.807) is 40.4 Å². The minimum Gasteiger partial charge on any atom is -0.370 e. The lowest BCUT2D eigenvalue weighted by Gasteiger charge is -2.26. The Hall–Kier alpha value is -2.80. The van der Waals surface area contributed by atoms with Crippen LogP contribution in [0.3, 0.4) is 0 Å². The van der Waals surface area contributed by atoms with Crippen LogP contribution in [0, 0.1) is 11.7 Å². The molecule has 0 aliphatic carbocycles. The molecule has 0 bridgehead atoms. The normalized spacial score (nSPS) is 17.2. The van der Waals surface area contributed by atoms with Crippen LogP contribution in [0.5, 0.6) is 0 Å². The highest BCUT2D eigenvalue weighted by atomic mass is 19.1. The fourth-order valence-electron chi connectivity index (χ4n) is 3.67. The number of hydrogen-bond acceptors (Lipinski definition) is 4. The smallest absolute Gasteiger partial charge is 0.242 e. The first-order valence-corrected chi connectivity index (χ1v) is 10.7. The van der Waals surface area contributed by atoms with Crippen molar-refractivity contribution in [3.8, 4) is 0 Å². The van der Waals surface area contributed by atoms with Crippen LogP contribution < -0.4 is 0 Å². The number of pyridine rings is 1.